The second-order valence-corrected chi connectivity index (χ2v) is 8.55. The maximum Gasteiger partial charge on any atom is 0.234 e. The molecule has 1 atom stereocenters. The second-order valence-electron chi connectivity index (χ2n) is 7.49. The standard InChI is InChI=1S/C20H24FN3OS/c1-15-22-17(13-26-15)12-23-10-2-8-20(14-23)9-3-11-24(19(20)25)18-6-4-16(21)5-7-18/h4-7,13H,2-3,8-12,14H2,1H3. The zero-order chi connectivity index (χ0) is 18.1. The van der Waals surface area contributed by atoms with Crippen molar-refractivity contribution in [3.05, 3.63) is 46.2 Å². The lowest BCUT2D eigenvalue weighted by Gasteiger charge is -2.47. The average Bonchev–Trinajstić information content (AvgIpc) is 3.04. The molecule has 2 aliphatic heterocycles. The van der Waals surface area contributed by atoms with Crippen molar-refractivity contribution in [2.75, 3.05) is 24.5 Å². The first kappa shape index (κ1) is 17.6. The predicted molar refractivity (Wildman–Crippen MR) is 102 cm³/mol. The lowest BCUT2D eigenvalue weighted by molar-refractivity contribution is -0.134. The average molecular weight is 373 g/mol. The van der Waals surface area contributed by atoms with E-state index in [4.69, 9.17) is 0 Å². The summed E-state index contributed by atoms with van der Waals surface area (Å²) in [5.41, 5.74) is 1.60. The molecule has 0 N–H and O–H groups in total. The molecule has 1 aromatic carbocycles. The van der Waals surface area contributed by atoms with E-state index >= 15 is 0 Å². The van der Waals surface area contributed by atoms with Crippen LogP contribution < -0.4 is 4.90 Å². The molecule has 2 aromatic rings. The van der Waals surface area contributed by atoms with Crippen LogP contribution in [-0.2, 0) is 11.3 Å². The predicted octanol–water partition coefficient (Wildman–Crippen LogP) is 4.00. The molecule has 0 saturated carbocycles. The topological polar surface area (TPSA) is 36.4 Å². The Morgan fingerprint density at radius 2 is 1.92 bits per heavy atom. The van der Waals surface area contributed by atoms with E-state index in [0.717, 1.165) is 68.3 Å². The highest BCUT2D eigenvalue weighted by Gasteiger charge is 2.46. The summed E-state index contributed by atoms with van der Waals surface area (Å²) in [6, 6.07) is 6.29. The third-order valence-electron chi connectivity index (χ3n) is 5.58. The number of carbonyl (C=O) groups excluding carboxylic acids is 1. The summed E-state index contributed by atoms with van der Waals surface area (Å²) >= 11 is 1.68. The SMILES string of the molecule is Cc1nc(CN2CCCC3(CCCN(c4ccc(F)cc4)C3=O)C2)cs1. The van der Waals surface area contributed by atoms with Crippen molar-refractivity contribution in [2.24, 2.45) is 5.41 Å². The fourth-order valence-electron chi connectivity index (χ4n) is 4.39. The lowest BCUT2D eigenvalue weighted by atomic mass is 9.72. The van der Waals surface area contributed by atoms with Crippen LogP contribution in [0, 0.1) is 18.2 Å². The van der Waals surface area contributed by atoms with Crippen LogP contribution in [-0.4, -0.2) is 35.4 Å². The number of amides is 1. The number of anilines is 1. The van der Waals surface area contributed by atoms with Crippen molar-refractivity contribution in [1.82, 2.24) is 9.88 Å². The van der Waals surface area contributed by atoms with E-state index in [1.54, 1.807) is 23.5 Å². The first-order valence-electron chi connectivity index (χ1n) is 9.27. The van der Waals surface area contributed by atoms with E-state index in [-0.39, 0.29) is 17.1 Å². The van der Waals surface area contributed by atoms with Gasteiger partial charge in [-0.25, -0.2) is 9.37 Å². The fraction of sp³-hybridized carbons (Fsp3) is 0.500. The number of rotatable bonds is 3. The van der Waals surface area contributed by atoms with Crippen LogP contribution in [0.25, 0.3) is 0 Å². The fourth-order valence-corrected chi connectivity index (χ4v) is 4.99. The second kappa shape index (κ2) is 7.08. The molecule has 1 aromatic heterocycles. The number of benzene rings is 1. The zero-order valence-corrected chi connectivity index (χ0v) is 15.9. The summed E-state index contributed by atoms with van der Waals surface area (Å²) in [6.45, 7) is 5.37. The summed E-state index contributed by atoms with van der Waals surface area (Å²) in [6.07, 6.45) is 3.91. The van der Waals surface area contributed by atoms with Gasteiger partial charge in [0.05, 0.1) is 16.1 Å². The minimum Gasteiger partial charge on any atom is -0.312 e. The Kier molecular flexibility index (Phi) is 4.80. The number of halogens is 1. The molecule has 1 spiro atoms. The minimum absolute atomic E-state index is 0.203. The number of nitrogens with zero attached hydrogens (tertiary/aromatic N) is 3. The number of hydrogen-bond acceptors (Lipinski definition) is 4. The smallest absolute Gasteiger partial charge is 0.234 e. The van der Waals surface area contributed by atoms with E-state index in [0.29, 0.717) is 0 Å². The number of aryl methyl sites for hydroxylation is 1. The van der Waals surface area contributed by atoms with Crippen molar-refractivity contribution in [1.29, 1.82) is 0 Å². The summed E-state index contributed by atoms with van der Waals surface area (Å²) in [5.74, 6) is -0.0650. The van der Waals surface area contributed by atoms with Crippen molar-refractivity contribution >= 4 is 22.9 Å². The van der Waals surface area contributed by atoms with Crippen LogP contribution in [0.2, 0.25) is 0 Å². The zero-order valence-electron chi connectivity index (χ0n) is 15.1. The monoisotopic (exact) mass is 373 g/mol. The molecular weight excluding hydrogens is 349 g/mol. The van der Waals surface area contributed by atoms with Gasteiger partial charge in [-0.2, -0.15) is 0 Å². The van der Waals surface area contributed by atoms with Gasteiger partial charge in [-0.1, -0.05) is 0 Å². The molecular formula is C20H24FN3OS. The van der Waals surface area contributed by atoms with Gasteiger partial charge in [0.15, 0.2) is 0 Å². The van der Waals surface area contributed by atoms with Crippen LogP contribution in [0.1, 0.15) is 36.4 Å². The van der Waals surface area contributed by atoms with Gasteiger partial charge < -0.3 is 4.90 Å². The van der Waals surface area contributed by atoms with Crippen molar-refractivity contribution in [2.45, 2.75) is 39.2 Å². The molecule has 1 amide bonds. The summed E-state index contributed by atoms with van der Waals surface area (Å²) in [4.78, 5) is 22.2. The molecule has 2 aliphatic rings. The molecule has 0 radical (unpaired) electrons. The van der Waals surface area contributed by atoms with Crippen molar-refractivity contribution in [3.63, 3.8) is 0 Å². The third kappa shape index (κ3) is 3.40. The Bertz CT molecular complexity index is 787. The van der Waals surface area contributed by atoms with Crippen LogP contribution >= 0.6 is 11.3 Å². The van der Waals surface area contributed by atoms with Crippen molar-refractivity contribution in [3.8, 4) is 0 Å². The lowest BCUT2D eigenvalue weighted by Crippen LogP contribution is -2.56. The van der Waals surface area contributed by atoms with Crippen LogP contribution in [0.3, 0.4) is 0 Å². The van der Waals surface area contributed by atoms with E-state index in [1.165, 1.54) is 12.1 Å². The molecule has 4 nitrogen and oxygen atoms in total. The van der Waals surface area contributed by atoms with Crippen LogP contribution in [0.5, 0.6) is 0 Å². The van der Waals surface area contributed by atoms with Crippen molar-refractivity contribution < 1.29 is 9.18 Å². The third-order valence-corrected chi connectivity index (χ3v) is 6.40. The molecule has 2 saturated heterocycles. The Hall–Kier alpha value is -1.79. The van der Waals surface area contributed by atoms with E-state index in [1.807, 2.05) is 11.8 Å². The number of carbonyl (C=O) groups is 1. The minimum atomic E-state index is -0.310. The largest absolute Gasteiger partial charge is 0.312 e. The van der Waals surface area contributed by atoms with Gasteiger partial charge in [0.25, 0.3) is 0 Å². The van der Waals surface area contributed by atoms with Gasteiger partial charge in [0.1, 0.15) is 5.82 Å². The first-order chi connectivity index (χ1) is 12.6. The molecule has 138 valence electrons. The Morgan fingerprint density at radius 3 is 2.62 bits per heavy atom. The number of thiazole rings is 1. The summed E-state index contributed by atoms with van der Waals surface area (Å²) < 4.78 is 13.2. The van der Waals surface area contributed by atoms with E-state index in [9.17, 15) is 9.18 Å². The quantitative estimate of drug-likeness (QED) is 0.816. The number of aromatic nitrogens is 1. The van der Waals surface area contributed by atoms with Gasteiger partial charge in [-0.15, -0.1) is 11.3 Å². The molecule has 0 bridgehead atoms. The maximum absolute atomic E-state index is 13.4. The molecule has 4 rings (SSSR count). The highest BCUT2D eigenvalue weighted by molar-refractivity contribution is 7.09. The van der Waals surface area contributed by atoms with Gasteiger partial charge >= 0.3 is 0 Å². The number of piperidine rings is 2. The summed E-state index contributed by atoms with van der Waals surface area (Å²) in [7, 11) is 0. The molecule has 26 heavy (non-hydrogen) atoms. The number of hydrogen-bond donors (Lipinski definition) is 0. The maximum atomic E-state index is 13.4. The first-order valence-corrected chi connectivity index (χ1v) is 10.1. The van der Waals surface area contributed by atoms with E-state index in [2.05, 4.69) is 15.3 Å². The highest BCUT2D eigenvalue weighted by Crippen LogP contribution is 2.41. The van der Waals surface area contributed by atoms with Crippen LogP contribution in [0.4, 0.5) is 10.1 Å². The highest BCUT2D eigenvalue weighted by atomic mass is 32.1. The molecule has 2 fully saturated rings. The summed E-state index contributed by atoms with van der Waals surface area (Å²) in [5, 5.41) is 3.20. The Balaban J connectivity index is 1.52. The molecule has 1 unspecified atom stereocenters. The van der Waals surface area contributed by atoms with Gasteiger partial charge in [-0.3, -0.25) is 9.69 Å². The van der Waals surface area contributed by atoms with Crippen LogP contribution in [0.15, 0.2) is 29.6 Å². The molecule has 6 heteroatoms. The van der Waals surface area contributed by atoms with Gasteiger partial charge in [0.2, 0.25) is 5.91 Å². The Morgan fingerprint density at radius 1 is 1.19 bits per heavy atom. The van der Waals surface area contributed by atoms with E-state index < -0.39 is 0 Å². The van der Waals surface area contributed by atoms with Gasteiger partial charge in [0, 0.05) is 30.7 Å². The normalized spacial score (nSPS) is 24.4. The van der Waals surface area contributed by atoms with Gasteiger partial charge in [-0.05, 0) is 63.4 Å². The number of likely N-dealkylation sites (tertiary alicyclic amines) is 1. The Labute approximate surface area is 157 Å². The molecule has 3 heterocycles. The molecule has 0 aliphatic carbocycles.